The maximum atomic E-state index is 6.37. The smallest absolute Gasteiger partial charge is 0.133 e. The molecule has 0 amide bonds. The predicted octanol–water partition coefficient (Wildman–Crippen LogP) is 4.97. The monoisotopic (exact) mass is 408 g/mol. The maximum Gasteiger partial charge on any atom is 0.133 e. The molecule has 0 spiro atoms. The van der Waals surface area contributed by atoms with E-state index in [1.165, 1.54) is 5.56 Å². The average molecular weight is 410 g/mol. The molecule has 0 saturated carbocycles. The lowest BCUT2D eigenvalue weighted by Crippen LogP contribution is -2.05. The fraction of sp³-hybridized carbons (Fsp3) is 0.125. The van der Waals surface area contributed by atoms with Crippen molar-refractivity contribution in [3.8, 4) is 16.9 Å². The molecule has 1 aliphatic heterocycles. The summed E-state index contributed by atoms with van der Waals surface area (Å²) >= 11 is 16.0. The van der Waals surface area contributed by atoms with Gasteiger partial charge in [-0.15, -0.1) is 0 Å². The lowest BCUT2D eigenvalue weighted by molar-refractivity contribution is 0.882. The summed E-state index contributed by atoms with van der Waals surface area (Å²) in [7, 11) is 0. The quantitative estimate of drug-likeness (QED) is 0.649. The molecular formula is C16H11BrCl2N4. The zero-order valence-corrected chi connectivity index (χ0v) is 15.0. The minimum Gasteiger partial charge on any atom is -0.369 e. The van der Waals surface area contributed by atoms with Crippen LogP contribution in [0.5, 0.6) is 0 Å². The number of pyridine rings is 1. The molecule has 4 nitrogen and oxygen atoms in total. The van der Waals surface area contributed by atoms with Gasteiger partial charge >= 0.3 is 0 Å². The number of benzene rings is 1. The first-order valence-electron chi connectivity index (χ1n) is 7.06. The highest BCUT2D eigenvalue weighted by Crippen LogP contribution is 2.37. The second kappa shape index (κ2) is 5.82. The number of hydrogen-bond donors (Lipinski definition) is 1. The van der Waals surface area contributed by atoms with Crippen molar-refractivity contribution in [2.24, 2.45) is 0 Å². The van der Waals surface area contributed by atoms with Crippen LogP contribution in [0, 0.1) is 0 Å². The molecule has 116 valence electrons. The van der Waals surface area contributed by atoms with Gasteiger partial charge in [0.1, 0.15) is 5.82 Å². The van der Waals surface area contributed by atoms with Crippen LogP contribution < -0.4 is 5.32 Å². The molecule has 0 atom stereocenters. The Hall–Kier alpha value is -1.56. The molecule has 0 aliphatic carbocycles. The Labute approximate surface area is 151 Å². The number of hydrogen-bond acceptors (Lipinski definition) is 3. The number of fused-ring (bicyclic) bond motifs is 1. The Morgan fingerprint density at radius 1 is 1.22 bits per heavy atom. The van der Waals surface area contributed by atoms with Gasteiger partial charge in [-0.3, -0.25) is 4.98 Å². The van der Waals surface area contributed by atoms with Crippen LogP contribution in [-0.2, 0) is 6.42 Å². The number of halogens is 3. The molecule has 4 rings (SSSR count). The summed E-state index contributed by atoms with van der Waals surface area (Å²) in [6.45, 7) is 0.875. The second-order valence-electron chi connectivity index (χ2n) is 5.23. The number of anilines is 1. The van der Waals surface area contributed by atoms with Crippen LogP contribution in [-0.4, -0.2) is 21.3 Å². The molecule has 7 heteroatoms. The summed E-state index contributed by atoms with van der Waals surface area (Å²) in [5, 5.41) is 9.15. The summed E-state index contributed by atoms with van der Waals surface area (Å²) in [5.41, 5.74) is 3.81. The second-order valence-corrected chi connectivity index (χ2v) is 6.93. The van der Waals surface area contributed by atoms with Gasteiger partial charge in [-0.1, -0.05) is 29.3 Å². The Kier molecular flexibility index (Phi) is 3.79. The van der Waals surface area contributed by atoms with Crippen molar-refractivity contribution in [1.29, 1.82) is 0 Å². The number of nitrogens with zero attached hydrogens (tertiary/aromatic N) is 3. The Bertz CT molecular complexity index is 907. The van der Waals surface area contributed by atoms with Crippen LogP contribution in [0.1, 0.15) is 5.56 Å². The minimum atomic E-state index is 0.493. The highest BCUT2D eigenvalue weighted by atomic mass is 79.9. The zero-order valence-electron chi connectivity index (χ0n) is 11.9. The normalized spacial score (nSPS) is 13.0. The minimum absolute atomic E-state index is 0.493. The van der Waals surface area contributed by atoms with Crippen LogP contribution in [0.25, 0.3) is 16.9 Å². The summed E-state index contributed by atoms with van der Waals surface area (Å²) in [5.74, 6) is 0.962. The number of aromatic nitrogens is 3. The summed E-state index contributed by atoms with van der Waals surface area (Å²) in [4.78, 5) is 4.24. The van der Waals surface area contributed by atoms with E-state index >= 15 is 0 Å². The topological polar surface area (TPSA) is 42.7 Å². The average Bonchev–Trinajstić information content (AvgIpc) is 3.12. The highest BCUT2D eigenvalue weighted by Gasteiger charge is 2.25. The molecular weight excluding hydrogens is 399 g/mol. The fourth-order valence-electron chi connectivity index (χ4n) is 2.78. The van der Waals surface area contributed by atoms with Gasteiger partial charge in [0.25, 0.3) is 0 Å². The molecule has 3 heterocycles. The molecule has 1 N–H and O–H groups in total. The van der Waals surface area contributed by atoms with E-state index in [1.54, 1.807) is 12.3 Å². The number of nitrogens with one attached hydrogen (secondary N) is 1. The molecule has 1 aromatic carbocycles. The molecule has 0 unspecified atom stereocenters. The van der Waals surface area contributed by atoms with Gasteiger partial charge in [0.2, 0.25) is 0 Å². The molecule has 0 radical (unpaired) electrons. The lowest BCUT2D eigenvalue weighted by Gasteiger charge is -2.09. The fourth-order valence-corrected chi connectivity index (χ4v) is 3.52. The first-order chi connectivity index (χ1) is 11.1. The largest absolute Gasteiger partial charge is 0.369 e. The zero-order chi connectivity index (χ0) is 16.0. The first-order valence-corrected chi connectivity index (χ1v) is 8.61. The summed E-state index contributed by atoms with van der Waals surface area (Å²) in [6.07, 6.45) is 4.48. The summed E-state index contributed by atoms with van der Waals surface area (Å²) in [6, 6.07) is 7.55. The van der Waals surface area contributed by atoms with Gasteiger partial charge < -0.3 is 5.32 Å². The molecule has 0 bridgehead atoms. The predicted molar refractivity (Wildman–Crippen MR) is 96.7 cm³/mol. The van der Waals surface area contributed by atoms with E-state index in [0.29, 0.717) is 10.0 Å². The lowest BCUT2D eigenvalue weighted by atomic mass is 10.1. The molecule has 23 heavy (non-hydrogen) atoms. The van der Waals surface area contributed by atoms with E-state index in [2.05, 4.69) is 26.2 Å². The van der Waals surface area contributed by atoms with Gasteiger partial charge in [-0.05, 0) is 40.5 Å². The van der Waals surface area contributed by atoms with Crippen LogP contribution >= 0.6 is 39.1 Å². The van der Waals surface area contributed by atoms with Crippen molar-refractivity contribution < 1.29 is 0 Å². The van der Waals surface area contributed by atoms with Crippen molar-refractivity contribution in [1.82, 2.24) is 14.8 Å². The van der Waals surface area contributed by atoms with E-state index in [9.17, 15) is 0 Å². The van der Waals surface area contributed by atoms with Crippen LogP contribution in [0.2, 0.25) is 10.0 Å². The maximum absolute atomic E-state index is 6.37. The van der Waals surface area contributed by atoms with E-state index in [0.717, 1.165) is 40.2 Å². The molecule has 3 aromatic rings. The third kappa shape index (κ3) is 2.53. The van der Waals surface area contributed by atoms with Gasteiger partial charge in [0.15, 0.2) is 0 Å². The van der Waals surface area contributed by atoms with Crippen molar-refractivity contribution in [3.05, 3.63) is 56.7 Å². The van der Waals surface area contributed by atoms with Crippen molar-refractivity contribution in [2.45, 2.75) is 6.42 Å². The van der Waals surface area contributed by atoms with E-state index < -0.39 is 0 Å². The van der Waals surface area contributed by atoms with Gasteiger partial charge in [0.05, 0.1) is 21.4 Å². The van der Waals surface area contributed by atoms with Crippen LogP contribution in [0.15, 0.2) is 41.1 Å². The Morgan fingerprint density at radius 2 is 2.09 bits per heavy atom. The third-order valence-corrected chi connectivity index (χ3v) is 5.03. The third-order valence-electron chi connectivity index (χ3n) is 3.79. The Morgan fingerprint density at radius 3 is 2.91 bits per heavy atom. The molecule has 0 fully saturated rings. The van der Waals surface area contributed by atoms with Gasteiger partial charge in [0, 0.05) is 34.5 Å². The SMILES string of the molecule is Clc1cccc(-n2nc(-c3cncc(Br)c3)c3c2NCC3)c1Cl. The van der Waals surface area contributed by atoms with Crippen molar-refractivity contribution in [2.75, 3.05) is 11.9 Å². The van der Waals surface area contributed by atoms with Crippen LogP contribution in [0.4, 0.5) is 5.82 Å². The van der Waals surface area contributed by atoms with Gasteiger partial charge in [-0.2, -0.15) is 5.10 Å². The Balaban J connectivity index is 1.93. The number of rotatable bonds is 2. The highest BCUT2D eigenvalue weighted by molar-refractivity contribution is 9.10. The summed E-state index contributed by atoms with van der Waals surface area (Å²) < 4.78 is 2.75. The van der Waals surface area contributed by atoms with Crippen LogP contribution in [0.3, 0.4) is 0 Å². The molecule has 1 aliphatic rings. The van der Waals surface area contributed by atoms with Gasteiger partial charge in [-0.25, -0.2) is 4.68 Å². The standard InChI is InChI=1S/C16H11BrCl2N4/c17-10-6-9(7-20-8-10)15-11-4-5-21-16(11)23(22-15)13-3-1-2-12(18)14(13)19/h1-3,6-8,21H,4-5H2. The van der Waals surface area contributed by atoms with Crippen molar-refractivity contribution >= 4 is 44.9 Å². The molecule has 2 aromatic heterocycles. The van der Waals surface area contributed by atoms with E-state index in [1.807, 2.05) is 29.1 Å². The van der Waals surface area contributed by atoms with Crippen molar-refractivity contribution in [3.63, 3.8) is 0 Å². The first kappa shape index (κ1) is 15.0. The van der Waals surface area contributed by atoms with E-state index in [4.69, 9.17) is 28.3 Å². The molecule has 0 saturated heterocycles. The van der Waals surface area contributed by atoms with E-state index in [-0.39, 0.29) is 0 Å².